The first-order chi connectivity index (χ1) is 35.5. The number of rotatable bonds is 20. The van der Waals surface area contributed by atoms with Crippen LogP contribution in [0.5, 0.6) is 5.75 Å². The number of carbonyl (C=O) groups is 4. The van der Waals surface area contributed by atoms with E-state index in [2.05, 4.69) is 76.5 Å². The van der Waals surface area contributed by atoms with Crippen molar-refractivity contribution in [1.29, 1.82) is 5.26 Å². The number of aliphatic hydroxyl groups is 1. The molecule has 0 unspecified atom stereocenters. The van der Waals surface area contributed by atoms with E-state index in [0.717, 1.165) is 85.5 Å². The van der Waals surface area contributed by atoms with Crippen molar-refractivity contribution in [1.82, 2.24) is 40.6 Å². The number of nitriles is 1. The number of aryl methyl sites for hydroxylation is 2. The minimum Gasteiger partial charge on any atom is -0.489 e. The van der Waals surface area contributed by atoms with Gasteiger partial charge in [0.1, 0.15) is 35.7 Å². The molecular formula is C58H78ClN9O6S. The fourth-order valence-electron chi connectivity index (χ4n) is 11.7. The van der Waals surface area contributed by atoms with E-state index in [1.165, 1.54) is 4.90 Å². The van der Waals surface area contributed by atoms with Gasteiger partial charge in [-0.15, -0.1) is 11.3 Å². The zero-order valence-corrected chi connectivity index (χ0v) is 47.1. The van der Waals surface area contributed by atoms with Crippen LogP contribution in [-0.2, 0) is 20.8 Å². The van der Waals surface area contributed by atoms with Gasteiger partial charge in [-0.3, -0.25) is 29.1 Å². The van der Waals surface area contributed by atoms with E-state index in [9.17, 15) is 29.5 Å². The molecule has 17 heteroatoms. The Labute approximate surface area is 453 Å². The molecule has 1 saturated carbocycles. The fourth-order valence-corrected chi connectivity index (χ4v) is 12.7. The predicted octanol–water partition coefficient (Wildman–Crippen LogP) is 8.52. The molecule has 75 heavy (non-hydrogen) atoms. The molecule has 0 radical (unpaired) electrons. The summed E-state index contributed by atoms with van der Waals surface area (Å²) in [6.07, 6.45) is 6.32. The van der Waals surface area contributed by atoms with Gasteiger partial charge in [-0.1, -0.05) is 96.8 Å². The predicted molar refractivity (Wildman–Crippen MR) is 294 cm³/mol. The third-order valence-electron chi connectivity index (χ3n) is 15.8. The molecule has 404 valence electrons. The number of unbranched alkanes of at least 4 members (excludes halogenated alkanes) is 1. The summed E-state index contributed by atoms with van der Waals surface area (Å²) >= 11 is 7.86. The van der Waals surface area contributed by atoms with Gasteiger partial charge in [0.25, 0.3) is 5.91 Å². The number of hydrogen-bond acceptors (Lipinski definition) is 12. The summed E-state index contributed by atoms with van der Waals surface area (Å²) in [6.45, 7) is 21.9. The fraction of sp³-hybridized carbons (Fsp3) is 0.569. The van der Waals surface area contributed by atoms with Crippen LogP contribution in [0, 0.1) is 34.5 Å². The number of halogens is 1. The lowest BCUT2D eigenvalue weighted by atomic mass is 9.49. The van der Waals surface area contributed by atoms with Crippen molar-refractivity contribution in [2.24, 2.45) is 16.2 Å². The van der Waals surface area contributed by atoms with Gasteiger partial charge in [-0.25, -0.2) is 4.98 Å². The van der Waals surface area contributed by atoms with E-state index >= 15 is 0 Å². The molecule has 3 fully saturated rings. The Morgan fingerprint density at radius 2 is 1.64 bits per heavy atom. The van der Waals surface area contributed by atoms with E-state index < -0.39 is 34.4 Å². The number of nitrogens with zero attached hydrogens (tertiary/aromatic N) is 6. The first kappa shape index (κ1) is 57.3. The molecule has 2 saturated heterocycles. The monoisotopic (exact) mass is 1060 g/mol. The second-order valence-corrected chi connectivity index (χ2v) is 24.6. The third-order valence-corrected chi connectivity index (χ3v) is 17.1. The Hall–Kier alpha value is -5.44. The lowest BCUT2D eigenvalue weighted by Gasteiger charge is -2.63. The highest BCUT2D eigenvalue weighted by molar-refractivity contribution is 7.13. The number of β-amino-alcohol motifs (C(OH)–C–C–N with tert-alkyl or cyclic N) is 1. The minimum atomic E-state index is -0.889. The SMILES string of the molecule is Cc1ncsc1-c1ccc([C@H](C)NC(=O)[C@@H]2C[C@@H](O)CN2C(=O)[C@@H](NC(=O)CCCC[C@@H](CCCc2ccc(C(=O)NC3C(C)(C)C(Oc4ccc(C#N)c(Cl)c4)C3(C)C)nc2)N2CCN(C)CC2)C(C)(C)C)cc1. The molecule has 0 bridgehead atoms. The van der Waals surface area contributed by atoms with Crippen molar-refractivity contribution < 1.29 is 29.0 Å². The molecule has 0 spiro atoms. The highest BCUT2D eigenvalue weighted by Gasteiger charge is 2.64. The number of benzene rings is 2. The van der Waals surface area contributed by atoms with Gasteiger partial charge in [-0.2, -0.15) is 5.26 Å². The van der Waals surface area contributed by atoms with Crippen LogP contribution in [0.4, 0.5) is 0 Å². The Bertz CT molecular complexity index is 2660. The molecule has 4 aromatic rings. The number of amides is 4. The van der Waals surface area contributed by atoms with Gasteiger partial charge in [0, 0.05) is 80.7 Å². The largest absolute Gasteiger partial charge is 0.489 e. The Morgan fingerprint density at radius 1 is 0.947 bits per heavy atom. The normalized spacial score (nSPS) is 21.8. The van der Waals surface area contributed by atoms with Crippen molar-refractivity contribution >= 4 is 46.6 Å². The number of pyridine rings is 1. The summed E-state index contributed by atoms with van der Waals surface area (Å²) in [6, 6.07) is 17.0. The van der Waals surface area contributed by atoms with E-state index in [1.807, 2.05) is 70.5 Å². The molecule has 7 rings (SSSR count). The number of hydrogen-bond donors (Lipinski definition) is 4. The summed E-state index contributed by atoms with van der Waals surface area (Å²) in [5, 5.41) is 29.7. The van der Waals surface area contributed by atoms with E-state index in [1.54, 1.807) is 41.8 Å². The van der Waals surface area contributed by atoms with Crippen LogP contribution in [0.2, 0.25) is 5.02 Å². The van der Waals surface area contributed by atoms with Crippen molar-refractivity contribution in [3.63, 3.8) is 0 Å². The van der Waals surface area contributed by atoms with Crippen LogP contribution >= 0.6 is 22.9 Å². The number of aliphatic hydroxyl groups excluding tert-OH is 1. The zero-order valence-electron chi connectivity index (χ0n) is 45.5. The van der Waals surface area contributed by atoms with Crippen LogP contribution < -0.4 is 20.7 Å². The molecule has 3 aliphatic rings. The van der Waals surface area contributed by atoms with Crippen LogP contribution in [0.15, 0.2) is 66.3 Å². The summed E-state index contributed by atoms with van der Waals surface area (Å²) in [5.74, 6) is -0.576. The second kappa shape index (κ2) is 24.3. The third kappa shape index (κ3) is 13.8. The molecule has 4 heterocycles. The number of ether oxygens (including phenoxy) is 1. The van der Waals surface area contributed by atoms with Crippen LogP contribution in [-0.4, -0.2) is 130 Å². The lowest BCUT2D eigenvalue weighted by molar-refractivity contribution is -0.164. The Balaban J connectivity index is 0.879. The van der Waals surface area contributed by atoms with E-state index in [-0.39, 0.29) is 61.2 Å². The van der Waals surface area contributed by atoms with Gasteiger partial charge >= 0.3 is 0 Å². The number of thiazole rings is 1. The highest BCUT2D eigenvalue weighted by Crippen LogP contribution is 2.55. The van der Waals surface area contributed by atoms with Crippen LogP contribution in [0.25, 0.3) is 10.4 Å². The summed E-state index contributed by atoms with van der Waals surface area (Å²) in [4.78, 5) is 71.8. The molecule has 5 atom stereocenters. The van der Waals surface area contributed by atoms with Gasteiger partial charge < -0.3 is 35.6 Å². The van der Waals surface area contributed by atoms with Crippen molar-refractivity contribution in [3.05, 3.63) is 99.4 Å². The minimum absolute atomic E-state index is 0.0131. The number of piperazine rings is 1. The zero-order chi connectivity index (χ0) is 54.4. The molecule has 2 aromatic heterocycles. The first-order valence-electron chi connectivity index (χ1n) is 26.6. The highest BCUT2D eigenvalue weighted by atomic mass is 35.5. The average molecular weight is 1060 g/mol. The number of aromatic nitrogens is 2. The van der Waals surface area contributed by atoms with Crippen molar-refractivity contribution in [2.75, 3.05) is 39.8 Å². The molecule has 2 aliphatic heterocycles. The Morgan fingerprint density at radius 3 is 2.25 bits per heavy atom. The van der Waals surface area contributed by atoms with Gasteiger partial charge in [0.05, 0.1) is 38.8 Å². The number of carbonyl (C=O) groups excluding carboxylic acids is 4. The molecule has 1 aliphatic carbocycles. The quantitative estimate of drug-likeness (QED) is 0.0621. The van der Waals surface area contributed by atoms with Gasteiger partial charge in [0.2, 0.25) is 17.7 Å². The molecular weight excluding hydrogens is 986 g/mol. The van der Waals surface area contributed by atoms with E-state index in [4.69, 9.17) is 16.3 Å². The maximum absolute atomic E-state index is 14.3. The molecule has 2 aromatic carbocycles. The van der Waals surface area contributed by atoms with Crippen molar-refractivity contribution in [3.8, 4) is 22.3 Å². The smallest absolute Gasteiger partial charge is 0.270 e. The summed E-state index contributed by atoms with van der Waals surface area (Å²) in [5.41, 5.74) is 5.13. The lowest BCUT2D eigenvalue weighted by Crippen LogP contribution is -2.74. The summed E-state index contributed by atoms with van der Waals surface area (Å²) in [7, 11) is 2.15. The standard InChI is InChI=1S/C58H78ClN9O6S/c1-36(39-19-21-40(22-20-39)49-37(2)62-35-75-49)63-52(72)47-30-43(69)34-68(47)53(73)50(56(3,4)5)64-48(70)17-12-11-15-42(67-28-26-66(10)27-29-67)16-13-14-38-18-25-46(61-33-38)51(71)65-54-57(6,7)55(58(54,8)9)74-44-24-23-41(32-60)45(59)31-44/h18-25,31,33,35-36,42-43,47,50,54-55,69H,11-17,26-30,34H2,1-10H3,(H,63,72)(H,64,70)(H,65,71)/t36-,42-,43+,47-,50+,54?,55?/m0/s1. The van der Waals surface area contributed by atoms with Gasteiger partial charge in [0.15, 0.2) is 0 Å². The van der Waals surface area contributed by atoms with Crippen LogP contribution in [0.1, 0.15) is 139 Å². The topological polar surface area (TPSA) is 193 Å². The van der Waals surface area contributed by atoms with Gasteiger partial charge in [-0.05, 0) is 93.3 Å². The van der Waals surface area contributed by atoms with E-state index in [0.29, 0.717) is 34.5 Å². The summed E-state index contributed by atoms with van der Waals surface area (Å²) < 4.78 is 6.40. The average Bonchev–Trinajstić information content (AvgIpc) is 3.99. The maximum atomic E-state index is 14.3. The molecule has 4 N–H and O–H groups in total. The van der Waals surface area contributed by atoms with Crippen molar-refractivity contribution in [2.45, 2.75) is 156 Å². The molecule has 4 amide bonds. The van der Waals surface area contributed by atoms with Crippen LogP contribution in [0.3, 0.4) is 0 Å². The second-order valence-electron chi connectivity index (χ2n) is 23.4. The molecule has 15 nitrogen and oxygen atoms in total. The maximum Gasteiger partial charge on any atom is 0.270 e. The first-order valence-corrected chi connectivity index (χ1v) is 27.9. The Kier molecular flexibility index (Phi) is 18.5. The number of nitrogens with one attached hydrogen (secondary N) is 3. The number of likely N-dealkylation sites (tertiary alicyclic amines) is 1. The number of likely N-dealkylation sites (N-methyl/N-ethyl adjacent to an activating group) is 1.